The number of anilines is 1. The molecule has 1 saturated heterocycles. The van der Waals surface area contributed by atoms with Crippen LogP contribution < -0.4 is 4.90 Å². The predicted molar refractivity (Wildman–Crippen MR) is 72.4 cm³/mol. The van der Waals surface area contributed by atoms with Crippen LogP contribution in [0.1, 0.15) is 6.42 Å². The van der Waals surface area contributed by atoms with Gasteiger partial charge < -0.3 is 9.80 Å². The number of halogens is 1. The van der Waals surface area contributed by atoms with Crippen LogP contribution in [-0.2, 0) is 0 Å². The van der Waals surface area contributed by atoms with Crippen LogP contribution >= 0.6 is 11.6 Å². The first-order valence-electron chi connectivity index (χ1n) is 5.85. The van der Waals surface area contributed by atoms with E-state index >= 15 is 0 Å². The van der Waals surface area contributed by atoms with Gasteiger partial charge in [-0.2, -0.15) is 0 Å². The summed E-state index contributed by atoms with van der Waals surface area (Å²) in [6, 6.07) is 5.52. The van der Waals surface area contributed by atoms with E-state index in [0.29, 0.717) is 11.7 Å². The number of hydrogen-bond acceptors (Lipinski definition) is 4. The van der Waals surface area contributed by atoms with E-state index in [1.165, 1.54) is 0 Å². The highest BCUT2D eigenvalue weighted by Gasteiger charge is 2.29. The van der Waals surface area contributed by atoms with E-state index in [0.717, 1.165) is 19.5 Å². The normalized spacial score (nSPS) is 19.6. The van der Waals surface area contributed by atoms with Crippen molar-refractivity contribution in [2.24, 2.45) is 0 Å². The Morgan fingerprint density at radius 1 is 1.50 bits per heavy atom. The molecule has 1 fully saturated rings. The van der Waals surface area contributed by atoms with Crippen molar-refractivity contribution in [3.8, 4) is 0 Å². The summed E-state index contributed by atoms with van der Waals surface area (Å²) in [5, 5.41) is 11.3. The summed E-state index contributed by atoms with van der Waals surface area (Å²) in [6.45, 7) is 1.62. The highest BCUT2D eigenvalue weighted by molar-refractivity contribution is 6.33. The van der Waals surface area contributed by atoms with Crippen LogP contribution in [0.4, 0.5) is 11.4 Å². The van der Waals surface area contributed by atoms with Gasteiger partial charge in [-0.15, -0.1) is 0 Å². The highest BCUT2D eigenvalue weighted by Crippen LogP contribution is 2.36. The van der Waals surface area contributed by atoms with Crippen LogP contribution in [0, 0.1) is 10.1 Å². The van der Waals surface area contributed by atoms with E-state index in [1.807, 2.05) is 19.0 Å². The molecule has 1 atom stereocenters. The SMILES string of the molecule is CN(C)C1CCN(c2cccc(Cl)c2[N+](=O)[O-])C1. The van der Waals surface area contributed by atoms with Crippen molar-refractivity contribution in [3.63, 3.8) is 0 Å². The quantitative estimate of drug-likeness (QED) is 0.624. The molecule has 0 aromatic heterocycles. The average molecular weight is 270 g/mol. The van der Waals surface area contributed by atoms with E-state index in [1.54, 1.807) is 18.2 Å². The lowest BCUT2D eigenvalue weighted by atomic mass is 10.2. The van der Waals surface area contributed by atoms with Crippen LogP contribution in [0.2, 0.25) is 5.02 Å². The van der Waals surface area contributed by atoms with E-state index in [9.17, 15) is 10.1 Å². The fourth-order valence-electron chi connectivity index (χ4n) is 2.32. The molecule has 98 valence electrons. The molecule has 0 N–H and O–H groups in total. The highest BCUT2D eigenvalue weighted by atomic mass is 35.5. The topological polar surface area (TPSA) is 49.6 Å². The molecule has 1 aromatic rings. The van der Waals surface area contributed by atoms with Gasteiger partial charge >= 0.3 is 5.69 Å². The van der Waals surface area contributed by atoms with Gasteiger partial charge in [0.2, 0.25) is 0 Å². The molecule has 6 heteroatoms. The molecule has 1 heterocycles. The Balaban J connectivity index is 2.30. The number of likely N-dealkylation sites (N-methyl/N-ethyl adjacent to an activating group) is 1. The van der Waals surface area contributed by atoms with Crippen molar-refractivity contribution in [3.05, 3.63) is 33.3 Å². The molecule has 1 aliphatic rings. The average Bonchev–Trinajstić information content (AvgIpc) is 2.77. The van der Waals surface area contributed by atoms with Crippen molar-refractivity contribution >= 4 is 23.0 Å². The Hall–Kier alpha value is -1.33. The molecule has 0 aliphatic carbocycles. The Labute approximate surface area is 111 Å². The van der Waals surface area contributed by atoms with Gasteiger partial charge in [0, 0.05) is 19.1 Å². The molecule has 2 rings (SSSR count). The Bertz CT molecular complexity index is 465. The van der Waals surface area contributed by atoms with E-state index in [-0.39, 0.29) is 10.7 Å². The number of nitrogens with zero attached hydrogens (tertiary/aromatic N) is 3. The van der Waals surface area contributed by atoms with Crippen molar-refractivity contribution in [1.29, 1.82) is 0 Å². The maximum absolute atomic E-state index is 11.1. The van der Waals surface area contributed by atoms with Crippen molar-refractivity contribution in [1.82, 2.24) is 4.90 Å². The Morgan fingerprint density at radius 2 is 2.22 bits per heavy atom. The maximum atomic E-state index is 11.1. The molecular weight excluding hydrogens is 254 g/mol. The van der Waals surface area contributed by atoms with Crippen molar-refractivity contribution in [2.45, 2.75) is 12.5 Å². The van der Waals surface area contributed by atoms with E-state index in [2.05, 4.69) is 4.90 Å². The lowest BCUT2D eigenvalue weighted by Crippen LogP contribution is -2.31. The van der Waals surface area contributed by atoms with Crippen LogP contribution in [0.5, 0.6) is 0 Å². The number of nitro groups is 1. The third-order valence-corrected chi connectivity index (χ3v) is 3.69. The molecule has 1 aliphatic heterocycles. The Morgan fingerprint density at radius 3 is 2.78 bits per heavy atom. The first kappa shape index (κ1) is 13.1. The van der Waals surface area contributed by atoms with Crippen LogP contribution in [0.3, 0.4) is 0 Å². The molecule has 1 aromatic carbocycles. The minimum atomic E-state index is -0.402. The van der Waals surface area contributed by atoms with Crippen LogP contribution in [0.25, 0.3) is 0 Å². The van der Waals surface area contributed by atoms with Gasteiger partial charge in [-0.25, -0.2) is 0 Å². The molecule has 0 radical (unpaired) electrons. The monoisotopic (exact) mass is 269 g/mol. The van der Waals surface area contributed by atoms with E-state index < -0.39 is 4.92 Å². The third-order valence-electron chi connectivity index (χ3n) is 3.38. The van der Waals surface area contributed by atoms with Gasteiger partial charge in [0.25, 0.3) is 0 Å². The molecule has 0 amide bonds. The standard InChI is InChI=1S/C12H16ClN3O2/c1-14(2)9-6-7-15(8-9)11-5-3-4-10(13)12(11)16(17)18/h3-5,9H,6-8H2,1-2H3. The smallest absolute Gasteiger partial charge is 0.310 e. The van der Waals surface area contributed by atoms with Gasteiger partial charge in [-0.1, -0.05) is 17.7 Å². The second-order valence-electron chi connectivity index (χ2n) is 4.72. The van der Waals surface area contributed by atoms with E-state index in [4.69, 9.17) is 11.6 Å². The first-order chi connectivity index (χ1) is 8.50. The number of para-hydroxylation sites is 1. The molecule has 0 spiro atoms. The molecule has 0 saturated carbocycles. The second kappa shape index (κ2) is 5.12. The predicted octanol–water partition coefficient (Wildman–Crippen LogP) is 2.39. The fourth-order valence-corrected chi connectivity index (χ4v) is 2.56. The summed E-state index contributed by atoms with van der Waals surface area (Å²) in [4.78, 5) is 14.9. The molecule has 18 heavy (non-hydrogen) atoms. The van der Waals surface area contributed by atoms with Crippen LogP contribution in [-0.4, -0.2) is 43.0 Å². The number of benzene rings is 1. The minimum Gasteiger partial charge on any atom is -0.364 e. The molecule has 5 nitrogen and oxygen atoms in total. The lowest BCUT2D eigenvalue weighted by Gasteiger charge is -2.21. The Kier molecular flexibility index (Phi) is 3.73. The number of nitro benzene ring substituents is 1. The van der Waals surface area contributed by atoms with Gasteiger partial charge in [0.05, 0.1) is 4.92 Å². The largest absolute Gasteiger partial charge is 0.364 e. The van der Waals surface area contributed by atoms with Gasteiger partial charge in [0.15, 0.2) is 0 Å². The molecular formula is C12H16ClN3O2. The third kappa shape index (κ3) is 2.42. The molecule has 1 unspecified atom stereocenters. The summed E-state index contributed by atoms with van der Waals surface area (Å²) in [5.74, 6) is 0. The zero-order chi connectivity index (χ0) is 13.3. The summed E-state index contributed by atoms with van der Waals surface area (Å²) in [7, 11) is 4.06. The van der Waals surface area contributed by atoms with Crippen molar-refractivity contribution < 1.29 is 4.92 Å². The first-order valence-corrected chi connectivity index (χ1v) is 6.22. The summed E-state index contributed by atoms with van der Waals surface area (Å²) in [5.41, 5.74) is 0.635. The lowest BCUT2D eigenvalue weighted by molar-refractivity contribution is -0.384. The minimum absolute atomic E-state index is 0.0126. The second-order valence-corrected chi connectivity index (χ2v) is 5.12. The van der Waals surface area contributed by atoms with Gasteiger partial charge in [0.1, 0.15) is 10.7 Å². The van der Waals surface area contributed by atoms with Gasteiger partial charge in [-0.05, 0) is 32.6 Å². The summed E-state index contributed by atoms with van der Waals surface area (Å²) in [6.07, 6.45) is 1.01. The van der Waals surface area contributed by atoms with Gasteiger partial charge in [-0.3, -0.25) is 10.1 Å². The summed E-state index contributed by atoms with van der Waals surface area (Å²) >= 11 is 5.92. The number of hydrogen-bond donors (Lipinski definition) is 0. The zero-order valence-corrected chi connectivity index (χ0v) is 11.2. The number of rotatable bonds is 3. The van der Waals surface area contributed by atoms with Crippen LogP contribution in [0.15, 0.2) is 18.2 Å². The van der Waals surface area contributed by atoms with Crippen molar-refractivity contribution in [2.75, 3.05) is 32.1 Å². The fraction of sp³-hybridized carbons (Fsp3) is 0.500. The zero-order valence-electron chi connectivity index (χ0n) is 10.5. The maximum Gasteiger partial charge on any atom is 0.310 e. The molecule has 0 bridgehead atoms. The summed E-state index contributed by atoms with van der Waals surface area (Å²) < 4.78 is 0.